The molecule has 6 aromatic rings. The highest BCUT2D eigenvalue weighted by molar-refractivity contribution is 7.89. The van der Waals surface area contributed by atoms with Gasteiger partial charge in [-0.15, -0.1) is 0 Å². The molecule has 4 aliphatic heterocycles. The number of H-pyrrole nitrogens is 2. The summed E-state index contributed by atoms with van der Waals surface area (Å²) in [5, 5.41) is 11.4. The molecule has 5 fully saturated rings. The number of ether oxygens (including phenoxy) is 2. The number of aromatic nitrogens is 8. The van der Waals surface area contributed by atoms with E-state index in [0.29, 0.717) is 71.4 Å². The van der Waals surface area contributed by atoms with E-state index >= 15 is 0 Å². The molecule has 5 aliphatic rings. The van der Waals surface area contributed by atoms with Crippen molar-refractivity contribution in [3.8, 4) is 0 Å². The third kappa shape index (κ3) is 10.2. The topological polar surface area (TPSA) is 244 Å². The number of hydrogen-bond acceptors (Lipinski definition) is 16. The zero-order valence-corrected chi connectivity index (χ0v) is 38.6. The number of para-hydroxylation sites is 4. The summed E-state index contributed by atoms with van der Waals surface area (Å²) >= 11 is 0. The average molecular weight is 947 g/mol. The van der Waals surface area contributed by atoms with Crippen molar-refractivity contribution in [2.75, 3.05) is 45.8 Å². The van der Waals surface area contributed by atoms with E-state index in [1.807, 2.05) is 36.4 Å². The number of fused-ring (bicyclic) bond motifs is 2. The van der Waals surface area contributed by atoms with Gasteiger partial charge in [-0.2, -0.15) is 18.6 Å². The lowest BCUT2D eigenvalue weighted by Gasteiger charge is -2.31. The first-order valence-electron chi connectivity index (χ1n) is 23.4. The summed E-state index contributed by atoms with van der Waals surface area (Å²) in [4.78, 5) is 26.1. The summed E-state index contributed by atoms with van der Waals surface area (Å²) in [7, 11) is -7.68. The molecule has 22 heteroatoms. The minimum Gasteiger partial charge on any atom is -0.368 e. The number of nitrogens with one attached hydrogen (secondary N) is 3. The molecule has 20 nitrogen and oxygen atoms in total. The summed E-state index contributed by atoms with van der Waals surface area (Å²) < 4.78 is 79.5. The lowest BCUT2D eigenvalue weighted by molar-refractivity contribution is -0.0129. The normalized spacial score (nSPS) is 22.5. The van der Waals surface area contributed by atoms with Crippen molar-refractivity contribution in [2.24, 2.45) is 5.92 Å². The number of hydrogen-bond donors (Lipinski definition) is 3. The van der Waals surface area contributed by atoms with Crippen LogP contribution >= 0.6 is 0 Å². The second kappa shape index (κ2) is 19.9. The number of likely N-dealkylation sites (tertiary alicyclic amines) is 1. The van der Waals surface area contributed by atoms with Gasteiger partial charge >= 0.3 is 0 Å². The predicted molar refractivity (Wildman–Crippen MR) is 239 cm³/mol. The molecule has 0 amide bonds. The summed E-state index contributed by atoms with van der Waals surface area (Å²) in [5.41, 5.74) is 2.62. The molecule has 2 atom stereocenters. The van der Waals surface area contributed by atoms with Crippen LogP contribution in [0.25, 0.3) is 22.1 Å². The van der Waals surface area contributed by atoms with Gasteiger partial charge in [0.15, 0.2) is 11.6 Å². The lowest BCUT2D eigenvalue weighted by atomic mass is 10.0. The van der Waals surface area contributed by atoms with Crippen LogP contribution in [0, 0.1) is 5.92 Å². The third-order valence-electron chi connectivity index (χ3n) is 13.2. The molecule has 8 heterocycles. The highest BCUT2D eigenvalue weighted by Crippen LogP contribution is 2.36. The number of nitrogens with zero attached hydrogens (tertiary/aromatic N) is 9. The van der Waals surface area contributed by atoms with Gasteiger partial charge in [-0.1, -0.05) is 47.4 Å². The Morgan fingerprint density at radius 1 is 0.576 bits per heavy atom. The molecule has 3 N–H and O–H groups in total. The van der Waals surface area contributed by atoms with Gasteiger partial charge in [0, 0.05) is 32.7 Å². The standard InChI is InChI=1S/C24H32N6O4S.C20H26N6O4S/c31-35(32,24-25-19-5-1-2-6-20(19)26-24)30-12-4-3-7-21(30)23-27-22(34-28-23)16-33-18-10-13-29(14-11-18)15-17-8-9-17;27-31(28,20-22-15-5-1-2-6-16(15)23-20)26-12-4-3-7-17(26)19-24-18(30-25-19)13-29-14-8-10-21-11-9-14/h1-2,5-6,17-18,21H,3-4,7-16H2,(H,25,26);1-2,5-6,14,17,21H,3-4,7-13H2,(H,22,23)/t21-;17-/m00/s1. The molecular weight excluding hydrogens is 889 g/mol. The van der Waals surface area contributed by atoms with E-state index in [1.165, 1.54) is 28.0 Å². The van der Waals surface area contributed by atoms with Crippen molar-refractivity contribution in [2.45, 2.75) is 125 Å². The predicted octanol–water partition coefficient (Wildman–Crippen LogP) is 5.38. The molecule has 0 spiro atoms. The van der Waals surface area contributed by atoms with Gasteiger partial charge in [0.1, 0.15) is 13.2 Å². The third-order valence-corrected chi connectivity index (χ3v) is 16.7. The Morgan fingerprint density at radius 3 is 1.55 bits per heavy atom. The smallest absolute Gasteiger partial charge is 0.277 e. The lowest BCUT2D eigenvalue weighted by Crippen LogP contribution is -2.39. The highest BCUT2D eigenvalue weighted by atomic mass is 32.2. The number of piperidine rings is 4. The average Bonchev–Trinajstić information content (AvgIpc) is 3.79. The monoisotopic (exact) mass is 946 g/mol. The van der Waals surface area contributed by atoms with Crippen LogP contribution in [0.2, 0.25) is 0 Å². The van der Waals surface area contributed by atoms with Gasteiger partial charge < -0.3 is 38.7 Å². The van der Waals surface area contributed by atoms with Crippen molar-refractivity contribution in [1.82, 2.24) is 59.0 Å². The molecule has 66 heavy (non-hydrogen) atoms. The van der Waals surface area contributed by atoms with E-state index in [0.717, 1.165) is 83.5 Å². The maximum absolute atomic E-state index is 13.5. The van der Waals surface area contributed by atoms with Gasteiger partial charge in [0.25, 0.3) is 31.8 Å². The second-order valence-electron chi connectivity index (χ2n) is 18.0. The first kappa shape index (κ1) is 45.1. The minimum atomic E-state index is -3.84. The van der Waals surface area contributed by atoms with Crippen molar-refractivity contribution < 1.29 is 35.4 Å². The largest absolute Gasteiger partial charge is 0.368 e. The second-order valence-corrected chi connectivity index (χ2v) is 21.6. The van der Waals surface area contributed by atoms with Crippen molar-refractivity contribution in [3.63, 3.8) is 0 Å². The van der Waals surface area contributed by atoms with Gasteiger partial charge in [-0.3, -0.25) is 0 Å². The molecule has 1 saturated carbocycles. The molecule has 4 saturated heterocycles. The molecule has 0 unspecified atom stereocenters. The van der Waals surface area contributed by atoms with Crippen molar-refractivity contribution in [3.05, 3.63) is 72.0 Å². The van der Waals surface area contributed by atoms with Crippen LogP contribution in [0.4, 0.5) is 0 Å². The molecule has 0 bridgehead atoms. The Bertz CT molecular complexity index is 2710. The van der Waals surface area contributed by atoms with Gasteiger partial charge in [-0.25, -0.2) is 26.8 Å². The summed E-state index contributed by atoms with van der Waals surface area (Å²) in [6, 6.07) is 13.6. The van der Waals surface area contributed by atoms with E-state index in [1.54, 1.807) is 12.1 Å². The van der Waals surface area contributed by atoms with Crippen LogP contribution in [0.5, 0.6) is 0 Å². The quantitative estimate of drug-likeness (QED) is 0.124. The fraction of sp³-hybridized carbons (Fsp3) is 0.591. The Kier molecular flexibility index (Phi) is 13.6. The van der Waals surface area contributed by atoms with Crippen molar-refractivity contribution >= 4 is 42.1 Å². The van der Waals surface area contributed by atoms with Crippen LogP contribution in [0.15, 0.2) is 67.9 Å². The molecule has 0 radical (unpaired) electrons. The molecule has 4 aromatic heterocycles. The van der Waals surface area contributed by atoms with E-state index in [9.17, 15) is 16.8 Å². The number of sulfonamides is 2. The summed E-state index contributed by atoms with van der Waals surface area (Å²) in [5.74, 6) is 2.46. The Hall–Kier alpha value is -4.68. The maximum atomic E-state index is 13.5. The fourth-order valence-corrected chi connectivity index (χ4v) is 12.6. The van der Waals surface area contributed by atoms with Gasteiger partial charge in [-0.05, 0) is 107 Å². The number of rotatable bonds is 14. The van der Waals surface area contributed by atoms with Gasteiger partial charge in [0.2, 0.25) is 10.3 Å². The summed E-state index contributed by atoms with van der Waals surface area (Å²) in [6.45, 7) is 6.54. The molecule has 354 valence electrons. The molecular formula is C44H58N12O8S2. The zero-order chi connectivity index (χ0) is 45.1. The van der Waals surface area contributed by atoms with Crippen LogP contribution in [0.1, 0.15) is 113 Å². The number of imidazole rings is 2. The number of benzene rings is 2. The maximum Gasteiger partial charge on any atom is 0.277 e. The molecule has 2 aromatic carbocycles. The first-order valence-corrected chi connectivity index (χ1v) is 26.3. The minimum absolute atomic E-state index is 0.0503. The Balaban J connectivity index is 0.000000156. The molecule has 11 rings (SSSR count). The van der Waals surface area contributed by atoms with Crippen LogP contribution in [-0.4, -0.2) is 129 Å². The number of aromatic amines is 2. The van der Waals surface area contributed by atoms with Crippen LogP contribution in [0.3, 0.4) is 0 Å². The Morgan fingerprint density at radius 2 is 1.06 bits per heavy atom. The van der Waals surface area contributed by atoms with Gasteiger partial charge in [0.05, 0.1) is 46.4 Å². The van der Waals surface area contributed by atoms with Crippen LogP contribution in [-0.2, 0) is 42.7 Å². The Labute approximate surface area is 383 Å². The molecule has 1 aliphatic carbocycles. The van der Waals surface area contributed by atoms with Crippen molar-refractivity contribution in [1.29, 1.82) is 0 Å². The van der Waals surface area contributed by atoms with Crippen LogP contribution < -0.4 is 5.32 Å². The van der Waals surface area contributed by atoms with E-state index in [4.69, 9.17) is 18.5 Å². The summed E-state index contributed by atoms with van der Waals surface area (Å²) in [6.07, 6.45) is 11.7. The van der Waals surface area contributed by atoms with E-state index < -0.39 is 32.1 Å². The SMILES string of the molecule is O=S(=O)(c1nc2ccccc2[nH]1)N1CCCC[C@H]1c1noc(COC2CCN(CC3CC3)CC2)n1.O=S(=O)(c1nc2ccccc2[nH]1)N1CCCC[C@H]1c1noc(COC2CCNCC2)n1. The highest BCUT2D eigenvalue weighted by Gasteiger charge is 2.40. The first-order chi connectivity index (χ1) is 32.2. The fourth-order valence-electron chi connectivity index (χ4n) is 9.42. The zero-order valence-electron chi connectivity index (χ0n) is 37.0. The van der Waals surface area contributed by atoms with E-state index in [2.05, 4.69) is 50.4 Å². The van der Waals surface area contributed by atoms with E-state index in [-0.39, 0.29) is 35.7 Å².